The summed E-state index contributed by atoms with van der Waals surface area (Å²) in [5.74, 6) is 0.598. The average Bonchev–Trinajstić information content (AvgIpc) is 3.06. The van der Waals surface area contributed by atoms with Gasteiger partial charge in [-0.3, -0.25) is 4.79 Å². The van der Waals surface area contributed by atoms with E-state index in [1.54, 1.807) is 0 Å². The highest BCUT2D eigenvalue weighted by Crippen LogP contribution is 2.28. The number of hydrogen-bond acceptors (Lipinski definition) is 2. The van der Waals surface area contributed by atoms with Crippen LogP contribution < -0.4 is 15.5 Å². The first-order valence-electron chi connectivity index (χ1n) is 10.3. The van der Waals surface area contributed by atoms with Gasteiger partial charge in [0.1, 0.15) is 0 Å². The van der Waals surface area contributed by atoms with E-state index in [4.69, 9.17) is 12.2 Å². The minimum atomic E-state index is 0.137. The summed E-state index contributed by atoms with van der Waals surface area (Å²) >= 11 is 5.62. The maximum atomic E-state index is 12.0. The van der Waals surface area contributed by atoms with Crippen LogP contribution in [-0.4, -0.2) is 17.6 Å². The summed E-state index contributed by atoms with van der Waals surface area (Å²) in [4.78, 5) is 13.9. The number of nitrogens with one attached hydrogen (secondary N) is 2. The van der Waals surface area contributed by atoms with Crippen LogP contribution in [0.5, 0.6) is 0 Å². The molecule has 1 amide bonds. The number of hydrogen-bond donors (Lipinski definition) is 2. The lowest BCUT2D eigenvalue weighted by molar-refractivity contribution is -0.117. The Morgan fingerprint density at radius 2 is 1.83 bits per heavy atom. The highest BCUT2D eigenvalue weighted by atomic mass is 32.1. The molecule has 0 bridgehead atoms. The molecule has 2 aromatic rings. The molecular weight excluding hydrogens is 378 g/mol. The maximum absolute atomic E-state index is 12.0. The van der Waals surface area contributed by atoms with Crippen molar-refractivity contribution in [3.8, 4) is 0 Å². The molecule has 0 radical (unpaired) electrons. The molecule has 5 heteroatoms. The van der Waals surface area contributed by atoms with Crippen LogP contribution in [0.1, 0.15) is 55.0 Å². The third-order valence-corrected chi connectivity index (χ3v) is 5.75. The van der Waals surface area contributed by atoms with Crippen molar-refractivity contribution in [2.75, 3.05) is 16.8 Å². The van der Waals surface area contributed by atoms with Crippen LogP contribution in [0, 0.1) is 26.7 Å². The van der Waals surface area contributed by atoms with Crippen molar-refractivity contribution in [3.63, 3.8) is 0 Å². The second kappa shape index (κ2) is 8.95. The van der Waals surface area contributed by atoms with Gasteiger partial charge in [-0.25, -0.2) is 0 Å². The molecule has 0 aliphatic carbocycles. The molecule has 4 nitrogen and oxygen atoms in total. The average molecular weight is 410 g/mol. The molecule has 1 fully saturated rings. The standard InChI is InChI=1S/C24H31N3OS/c1-15(2)23(20-10-8-16(3)13-17(20)4)26-24(29)25-19-9-11-21(18(5)14-19)27-12-6-7-22(27)28/h8-11,13-15,23H,6-7,12H2,1-5H3,(H2,25,26,29). The van der Waals surface area contributed by atoms with E-state index in [9.17, 15) is 4.79 Å². The molecule has 2 aromatic carbocycles. The number of rotatable bonds is 5. The Hall–Kier alpha value is -2.40. The van der Waals surface area contributed by atoms with Crippen molar-refractivity contribution in [1.82, 2.24) is 5.32 Å². The fourth-order valence-electron chi connectivity index (χ4n) is 4.03. The van der Waals surface area contributed by atoms with E-state index in [0.717, 1.165) is 29.9 Å². The third kappa shape index (κ3) is 4.96. The van der Waals surface area contributed by atoms with Crippen molar-refractivity contribution in [1.29, 1.82) is 0 Å². The van der Waals surface area contributed by atoms with Gasteiger partial charge in [-0.2, -0.15) is 0 Å². The van der Waals surface area contributed by atoms with Gasteiger partial charge in [0, 0.05) is 24.3 Å². The minimum absolute atomic E-state index is 0.137. The Balaban J connectivity index is 1.72. The predicted molar refractivity (Wildman–Crippen MR) is 126 cm³/mol. The lowest BCUT2D eigenvalue weighted by atomic mass is 9.92. The zero-order valence-corrected chi connectivity index (χ0v) is 18.8. The van der Waals surface area contributed by atoms with Gasteiger partial charge in [0.2, 0.25) is 5.91 Å². The number of aryl methyl sites for hydroxylation is 3. The largest absolute Gasteiger partial charge is 0.355 e. The normalized spacial score (nSPS) is 15.0. The van der Waals surface area contributed by atoms with E-state index in [-0.39, 0.29) is 11.9 Å². The molecule has 1 aliphatic heterocycles. The van der Waals surface area contributed by atoms with Gasteiger partial charge >= 0.3 is 0 Å². The van der Waals surface area contributed by atoms with E-state index >= 15 is 0 Å². The fraction of sp³-hybridized carbons (Fsp3) is 0.417. The summed E-state index contributed by atoms with van der Waals surface area (Å²) in [6, 6.07) is 12.7. The zero-order chi connectivity index (χ0) is 21.1. The lowest BCUT2D eigenvalue weighted by Crippen LogP contribution is -2.35. The summed E-state index contributed by atoms with van der Waals surface area (Å²) in [5.41, 5.74) is 6.80. The van der Waals surface area contributed by atoms with Crippen molar-refractivity contribution in [2.24, 2.45) is 5.92 Å². The van der Waals surface area contributed by atoms with E-state index in [2.05, 4.69) is 62.6 Å². The third-order valence-electron chi connectivity index (χ3n) is 5.53. The number of nitrogens with zero attached hydrogens (tertiary/aromatic N) is 1. The molecule has 1 saturated heterocycles. The predicted octanol–water partition coefficient (Wildman–Crippen LogP) is 5.42. The van der Waals surface area contributed by atoms with Gasteiger partial charge in [-0.15, -0.1) is 0 Å². The van der Waals surface area contributed by atoms with Crippen LogP contribution in [0.25, 0.3) is 0 Å². The topological polar surface area (TPSA) is 44.4 Å². The van der Waals surface area contributed by atoms with Crippen LogP contribution in [0.4, 0.5) is 11.4 Å². The summed E-state index contributed by atoms with van der Waals surface area (Å²) in [5, 5.41) is 7.41. The maximum Gasteiger partial charge on any atom is 0.227 e. The lowest BCUT2D eigenvalue weighted by Gasteiger charge is -2.26. The van der Waals surface area contributed by atoms with Crippen LogP contribution in [-0.2, 0) is 4.79 Å². The number of amides is 1. The van der Waals surface area contributed by atoms with Gasteiger partial charge in [0.05, 0.1) is 6.04 Å². The first-order valence-corrected chi connectivity index (χ1v) is 10.7. The highest BCUT2D eigenvalue weighted by molar-refractivity contribution is 7.80. The Morgan fingerprint density at radius 1 is 1.07 bits per heavy atom. The molecule has 0 aromatic heterocycles. The second-order valence-electron chi connectivity index (χ2n) is 8.33. The van der Waals surface area contributed by atoms with Gasteiger partial charge in [-0.1, -0.05) is 37.6 Å². The molecule has 1 aliphatic rings. The van der Waals surface area contributed by atoms with Crippen LogP contribution in [0.3, 0.4) is 0 Å². The van der Waals surface area contributed by atoms with Crippen molar-refractivity contribution >= 4 is 34.6 Å². The molecule has 29 heavy (non-hydrogen) atoms. The molecule has 1 heterocycles. The van der Waals surface area contributed by atoms with Gasteiger partial charge in [0.25, 0.3) is 0 Å². The Kier molecular flexibility index (Phi) is 6.58. The Bertz CT molecular complexity index is 922. The van der Waals surface area contributed by atoms with Crippen molar-refractivity contribution in [3.05, 3.63) is 58.7 Å². The van der Waals surface area contributed by atoms with Gasteiger partial charge < -0.3 is 15.5 Å². The van der Waals surface area contributed by atoms with E-state index in [1.807, 2.05) is 24.0 Å². The molecule has 0 saturated carbocycles. The minimum Gasteiger partial charge on any atom is -0.355 e. The second-order valence-corrected chi connectivity index (χ2v) is 8.74. The molecule has 2 N–H and O–H groups in total. The Morgan fingerprint density at radius 3 is 2.41 bits per heavy atom. The summed E-state index contributed by atoms with van der Waals surface area (Å²) < 4.78 is 0. The number of carbonyl (C=O) groups excluding carboxylic acids is 1. The number of benzene rings is 2. The Labute approximate surface area is 179 Å². The first kappa shape index (κ1) is 21.3. The molecule has 1 unspecified atom stereocenters. The molecular formula is C24H31N3OS. The number of anilines is 2. The smallest absolute Gasteiger partial charge is 0.227 e. The zero-order valence-electron chi connectivity index (χ0n) is 18.0. The van der Waals surface area contributed by atoms with E-state index in [1.165, 1.54) is 16.7 Å². The number of thiocarbonyl (C=S) groups is 1. The monoisotopic (exact) mass is 409 g/mol. The summed E-state index contributed by atoms with van der Waals surface area (Å²) in [6.45, 7) is 11.5. The summed E-state index contributed by atoms with van der Waals surface area (Å²) in [6.07, 6.45) is 1.57. The van der Waals surface area contributed by atoms with E-state index in [0.29, 0.717) is 17.5 Å². The van der Waals surface area contributed by atoms with E-state index < -0.39 is 0 Å². The molecule has 3 rings (SSSR count). The van der Waals surface area contributed by atoms with Gasteiger partial charge in [-0.05, 0) is 80.2 Å². The quantitative estimate of drug-likeness (QED) is 0.647. The van der Waals surface area contributed by atoms with Gasteiger partial charge in [0.15, 0.2) is 5.11 Å². The molecule has 0 spiro atoms. The van der Waals surface area contributed by atoms with Crippen LogP contribution in [0.15, 0.2) is 36.4 Å². The molecule has 154 valence electrons. The van der Waals surface area contributed by atoms with Crippen LogP contribution in [0.2, 0.25) is 0 Å². The highest BCUT2D eigenvalue weighted by Gasteiger charge is 2.23. The van der Waals surface area contributed by atoms with Crippen LogP contribution >= 0.6 is 12.2 Å². The summed E-state index contributed by atoms with van der Waals surface area (Å²) in [7, 11) is 0. The molecule has 1 atom stereocenters. The van der Waals surface area contributed by atoms with Crippen molar-refractivity contribution < 1.29 is 4.79 Å². The van der Waals surface area contributed by atoms with Crippen molar-refractivity contribution in [2.45, 2.75) is 53.5 Å². The SMILES string of the molecule is Cc1ccc(C(NC(=S)Nc2ccc(N3CCCC3=O)c(C)c2)C(C)C)c(C)c1. The first-order chi connectivity index (χ1) is 13.8. The fourth-order valence-corrected chi connectivity index (χ4v) is 4.27. The number of carbonyl (C=O) groups is 1.